The number of nitrogens with one attached hydrogen (secondary N) is 1. The van der Waals surface area contributed by atoms with Gasteiger partial charge in [0, 0.05) is 45.5 Å². The number of hydrogen-bond donors (Lipinski definition) is 1. The third-order valence-electron chi connectivity index (χ3n) is 4.55. The summed E-state index contributed by atoms with van der Waals surface area (Å²) in [6, 6.07) is 1.59. The fourth-order valence-corrected chi connectivity index (χ4v) is 3.96. The molecule has 8 nitrogen and oxygen atoms in total. The molecule has 2 aliphatic heterocycles. The molecule has 3 heterocycles. The second-order valence-corrected chi connectivity index (χ2v) is 8.24. The van der Waals surface area contributed by atoms with E-state index >= 15 is 0 Å². The molecule has 0 aromatic carbocycles. The molecule has 24 heavy (non-hydrogen) atoms. The summed E-state index contributed by atoms with van der Waals surface area (Å²) in [5.41, 5.74) is 0.861. The summed E-state index contributed by atoms with van der Waals surface area (Å²) in [7, 11) is -3.22. The molecule has 0 aliphatic carbocycles. The topological polar surface area (TPSA) is 93.8 Å². The molecule has 2 aliphatic rings. The molecule has 9 heteroatoms. The standard InChI is InChI=1S/C15H22N4O4S/c1-24(22,23)19-8-6-18(7-9-19)14(20)12-10-13(16-11-12)15(21)17-4-2-3-5-17/h10-11,16H,2-9H2,1H3. The minimum Gasteiger partial charge on any atom is -0.356 e. The lowest BCUT2D eigenvalue weighted by Crippen LogP contribution is -2.50. The van der Waals surface area contributed by atoms with E-state index in [2.05, 4.69) is 4.98 Å². The number of carbonyl (C=O) groups is 2. The Bertz CT molecular complexity index is 728. The molecule has 0 saturated carbocycles. The minimum absolute atomic E-state index is 0.0755. The van der Waals surface area contributed by atoms with Gasteiger partial charge in [0.05, 0.1) is 11.8 Å². The third-order valence-corrected chi connectivity index (χ3v) is 5.85. The maximum atomic E-state index is 12.5. The summed E-state index contributed by atoms with van der Waals surface area (Å²) in [5, 5.41) is 0. The van der Waals surface area contributed by atoms with Crippen molar-refractivity contribution in [2.24, 2.45) is 0 Å². The van der Waals surface area contributed by atoms with Gasteiger partial charge in [-0.05, 0) is 18.9 Å². The largest absolute Gasteiger partial charge is 0.356 e. The molecule has 132 valence electrons. The maximum absolute atomic E-state index is 12.5. The van der Waals surface area contributed by atoms with Gasteiger partial charge in [0.1, 0.15) is 5.69 Å². The van der Waals surface area contributed by atoms with Crippen LogP contribution in [-0.2, 0) is 10.0 Å². The van der Waals surface area contributed by atoms with Crippen molar-refractivity contribution < 1.29 is 18.0 Å². The fourth-order valence-electron chi connectivity index (χ4n) is 3.14. The first-order valence-electron chi connectivity index (χ1n) is 8.08. The van der Waals surface area contributed by atoms with E-state index in [0.29, 0.717) is 37.4 Å². The number of aromatic amines is 1. The Kier molecular flexibility index (Phi) is 4.64. The number of aromatic nitrogens is 1. The molecule has 1 N–H and O–H groups in total. The number of rotatable bonds is 3. The zero-order valence-electron chi connectivity index (χ0n) is 13.7. The lowest BCUT2D eigenvalue weighted by molar-refractivity contribution is 0.0698. The van der Waals surface area contributed by atoms with Crippen LogP contribution in [0, 0.1) is 0 Å². The Morgan fingerprint density at radius 1 is 0.958 bits per heavy atom. The monoisotopic (exact) mass is 354 g/mol. The van der Waals surface area contributed by atoms with E-state index in [9.17, 15) is 18.0 Å². The maximum Gasteiger partial charge on any atom is 0.270 e. The summed E-state index contributed by atoms with van der Waals surface area (Å²) in [4.78, 5) is 31.1. The number of amides is 2. The average molecular weight is 354 g/mol. The average Bonchev–Trinajstić information content (AvgIpc) is 3.24. The Labute approximate surface area is 141 Å². The van der Waals surface area contributed by atoms with E-state index in [1.54, 1.807) is 22.1 Å². The van der Waals surface area contributed by atoms with E-state index in [1.807, 2.05) is 0 Å². The summed E-state index contributed by atoms with van der Waals surface area (Å²) in [6.07, 6.45) is 4.76. The molecule has 0 atom stereocenters. The van der Waals surface area contributed by atoms with E-state index in [0.717, 1.165) is 25.9 Å². The number of likely N-dealkylation sites (tertiary alicyclic amines) is 1. The van der Waals surface area contributed by atoms with Gasteiger partial charge < -0.3 is 14.8 Å². The van der Waals surface area contributed by atoms with Crippen LogP contribution >= 0.6 is 0 Å². The highest BCUT2D eigenvalue weighted by Crippen LogP contribution is 2.15. The van der Waals surface area contributed by atoms with Gasteiger partial charge >= 0.3 is 0 Å². The minimum atomic E-state index is -3.22. The van der Waals surface area contributed by atoms with Gasteiger partial charge in [0.2, 0.25) is 10.0 Å². The normalized spacial score (nSPS) is 19.7. The molecule has 1 aromatic heterocycles. The number of piperazine rings is 1. The molecule has 2 saturated heterocycles. The van der Waals surface area contributed by atoms with E-state index in [-0.39, 0.29) is 11.8 Å². The Balaban J connectivity index is 1.63. The van der Waals surface area contributed by atoms with Crippen molar-refractivity contribution in [1.29, 1.82) is 0 Å². The molecule has 0 radical (unpaired) electrons. The van der Waals surface area contributed by atoms with Gasteiger partial charge in [-0.2, -0.15) is 4.31 Å². The SMILES string of the molecule is CS(=O)(=O)N1CCN(C(=O)c2c[nH]c(C(=O)N3CCCC3)c2)CC1. The number of carbonyl (C=O) groups excluding carboxylic acids is 2. The molecular formula is C15H22N4O4S. The van der Waals surface area contributed by atoms with Crippen molar-refractivity contribution in [1.82, 2.24) is 19.1 Å². The van der Waals surface area contributed by atoms with Gasteiger partial charge in [-0.3, -0.25) is 9.59 Å². The van der Waals surface area contributed by atoms with Crippen molar-refractivity contribution in [3.63, 3.8) is 0 Å². The number of sulfonamides is 1. The van der Waals surface area contributed by atoms with Crippen LogP contribution in [0.4, 0.5) is 0 Å². The predicted molar refractivity (Wildman–Crippen MR) is 88.3 cm³/mol. The van der Waals surface area contributed by atoms with Gasteiger partial charge in [-0.25, -0.2) is 8.42 Å². The van der Waals surface area contributed by atoms with Crippen LogP contribution in [0.15, 0.2) is 12.3 Å². The van der Waals surface area contributed by atoms with Crippen LogP contribution in [0.2, 0.25) is 0 Å². The van der Waals surface area contributed by atoms with Gasteiger partial charge in [-0.15, -0.1) is 0 Å². The zero-order chi connectivity index (χ0) is 17.3. The van der Waals surface area contributed by atoms with Crippen LogP contribution in [-0.4, -0.2) is 84.8 Å². The first kappa shape index (κ1) is 17.0. The molecule has 0 spiro atoms. The Hall–Kier alpha value is -1.87. The smallest absolute Gasteiger partial charge is 0.270 e. The summed E-state index contributed by atoms with van der Waals surface area (Å²) in [6.45, 7) is 2.82. The molecule has 2 fully saturated rings. The van der Waals surface area contributed by atoms with Crippen molar-refractivity contribution in [2.75, 3.05) is 45.5 Å². The predicted octanol–water partition coefficient (Wildman–Crippen LogP) is -0.0319. The highest BCUT2D eigenvalue weighted by Gasteiger charge is 2.28. The van der Waals surface area contributed by atoms with Crippen LogP contribution < -0.4 is 0 Å². The highest BCUT2D eigenvalue weighted by molar-refractivity contribution is 7.88. The Morgan fingerprint density at radius 2 is 1.54 bits per heavy atom. The van der Waals surface area contributed by atoms with Crippen molar-refractivity contribution >= 4 is 21.8 Å². The van der Waals surface area contributed by atoms with Gasteiger partial charge in [-0.1, -0.05) is 0 Å². The Morgan fingerprint density at radius 3 is 2.12 bits per heavy atom. The first-order valence-corrected chi connectivity index (χ1v) is 9.93. The van der Waals surface area contributed by atoms with Crippen molar-refractivity contribution in [3.05, 3.63) is 23.5 Å². The van der Waals surface area contributed by atoms with Gasteiger partial charge in [0.25, 0.3) is 11.8 Å². The van der Waals surface area contributed by atoms with E-state index in [1.165, 1.54) is 10.6 Å². The van der Waals surface area contributed by atoms with Crippen LogP contribution in [0.1, 0.15) is 33.7 Å². The molecule has 0 unspecified atom stereocenters. The quantitative estimate of drug-likeness (QED) is 0.825. The van der Waals surface area contributed by atoms with E-state index in [4.69, 9.17) is 0 Å². The lowest BCUT2D eigenvalue weighted by atomic mass is 10.2. The third kappa shape index (κ3) is 3.46. The molecule has 3 rings (SSSR count). The zero-order valence-corrected chi connectivity index (χ0v) is 14.5. The number of nitrogens with zero attached hydrogens (tertiary/aromatic N) is 3. The molecule has 1 aromatic rings. The summed E-state index contributed by atoms with van der Waals surface area (Å²) >= 11 is 0. The first-order chi connectivity index (χ1) is 11.4. The van der Waals surface area contributed by atoms with E-state index < -0.39 is 10.0 Å². The number of H-pyrrole nitrogens is 1. The van der Waals surface area contributed by atoms with Crippen LogP contribution in [0.3, 0.4) is 0 Å². The lowest BCUT2D eigenvalue weighted by Gasteiger charge is -2.33. The summed E-state index contributed by atoms with van der Waals surface area (Å²) in [5.74, 6) is -0.256. The van der Waals surface area contributed by atoms with Gasteiger partial charge in [0.15, 0.2) is 0 Å². The van der Waals surface area contributed by atoms with Crippen molar-refractivity contribution in [3.8, 4) is 0 Å². The van der Waals surface area contributed by atoms with Crippen molar-refractivity contribution in [2.45, 2.75) is 12.8 Å². The van der Waals surface area contributed by atoms with Crippen LogP contribution in [0.25, 0.3) is 0 Å². The molecular weight excluding hydrogens is 332 g/mol. The highest BCUT2D eigenvalue weighted by atomic mass is 32.2. The second kappa shape index (κ2) is 6.56. The summed E-state index contributed by atoms with van der Waals surface area (Å²) < 4.78 is 24.4. The van der Waals surface area contributed by atoms with Crippen LogP contribution in [0.5, 0.6) is 0 Å². The fraction of sp³-hybridized carbons (Fsp3) is 0.600. The second-order valence-electron chi connectivity index (χ2n) is 6.26. The molecule has 0 bridgehead atoms. The number of hydrogen-bond acceptors (Lipinski definition) is 4. The molecule has 2 amide bonds.